The fraction of sp³-hybridized carbons (Fsp3) is 0.400. The maximum atomic E-state index is 16.5. The molecule has 10 nitrogen and oxygen atoms in total. The number of fused-ring (bicyclic) bond motifs is 3. The van der Waals surface area contributed by atoms with E-state index in [4.69, 9.17) is 16.3 Å². The Hall–Kier alpha value is -3.94. The molecule has 0 spiro atoms. The van der Waals surface area contributed by atoms with E-state index in [1.54, 1.807) is 17.9 Å². The summed E-state index contributed by atoms with van der Waals surface area (Å²) in [7, 11) is 0. The first kappa shape index (κ1) is 28.8. The average Bonchev–Trinajstić information content (AvgIpc) is 3.64. The summed E-state index contributed by atoms with van der Waals surface area (Å²) in [5, 5.41) is 11.7. The molecule has 0 aliphatic carbocycles. The third kappa shape index (κ3) is 4.48. The predicted octanol–water partition coefficient (Wildman–Crippen LogP) is 3.70. The second-order valence-corrected chi connectivity index (χ2v) is 12.2. The number of likely N-dealkylation sites (tertiary alicyclic amines) is 2. The number of aliphatic hydroxyl groups is 1. The Balaban J connectivity index is 1.21. The summed E-state index contributed by atoms with van der Waals surface area (Å²) in [5.41, 5.74) is -1.39. The molecule has 0 saturated carbocycles. The number of halogens is 4. The molecule has 1 aromatic carbocycles. The minimum atomic E-state index is -1.55. The van der Waals surface area contributed by atoms with E-state index < -0.39 is 33.8 Å². The van der Waals surface area contributed by atoms with Gasteiger partial charge in [-0.15, -0.1) is 0 Å². The van der Waals surface area contributed by atoms with Crippen molar-refractivity contribution in [1.29, 1.82) is 0 Å². The number of aromatic nitrogens is 2. The molecule has 2 aromatic heterocycles. The van der Waals surface area contributed by atoms with Gasteiger partial charge in [0, 0.05) is 55.1 Å². The number of aliphatic hydroxyl groups excluding tert-OH is 1. The van der Waals surface area contributed by atoms with E-state index in [1.807, 2.05) is 4.90 Å². The van der Waals surface area contributed by atoms with Gasteiger partial charge in [0.1, 0.15) is 22.5 Å². The number of nitrogens with zero attached hydrogens (tertiary/aromatic N) is 5. The van der Waals surface area contributed by atoms with Gasteiger partial charge >= 0.3 is 6.03 Å². The number of amides is 3. The second-order valence-electron chi connectivity index (χ2n) is 11.9. The molecular formula is C30H28ClF3N6O4. The highest BCUT2D eigenvalue weighted by atomic mass is 35.5. The molecule has 3 fully saturated rings. The molecule has 14 heteroatoms. The summed E-state index contributed by atoms with van der Waals surface area (Å²) in [6.45, 7) is 2.79. The number of ether oxygens (including phenoxy) is 1. The first-order chi connectivity index (χ1) is 21.1. The highest BCUT2D eigenvalue weighted by molar-refractivity contribution is 6.31. The van der Waals surface area contributed by atoms with E-state index in [0.717, 1.165) is 12.5 Å². The van der Waals surface area contributed by atoms with E-state index in [-0.39, 0.29) is 65.7 Å². The first-order valence-corrected chi connectivity index (χ1v) is 14.6. The van der Waals surface area contributed by atoms with E-state index >= 15 is 8.78 Å². The smallest absolute Gasteiger partial charge is 0.320 e. The molecule has 0 radical (unpaired) electrons. The number of hydrogen-bond donors (Lipinski definition) is 2. The van der Waals surface area contributed by atoms with Gasteiger partial charge in [0.15, 0.2) is 11.6 Å². The molecule has 230 valence electrons. The Kier molecular flexibility index (Phi) is 6.94. The van der Waals surface area contributed by atoms with Gasteiger partial charge in [0.05, 0.1) is 37.0 Å². The van der Waals surface area contributed by atoms with Crippen molar-refractivity contribution >= 4 is 35.2 Å². The third-order valence-corrected chi connectivity index (χ3v) is 9.40. The lowest BCUT2D eigenvalue weighted by Crippen LogP contribution is -2.61. The predicted molar refractivity (Wildman–Crippen MR) is 153 cm³/mol. The fourth-order valence-electron chi connectivity index (χ4n) is 6.66. The van der Waals surface area contributed by atoms with Crippen LogP contribution in [0.2, 0.25) is 5.02 Å². The van der Waals surface area contributed by atoms with Crippen molar-refractivity contribution in [3.05, 3.63) is 81.4 Å². The number of benzene rings is 1. The van der Waals surface area contributed by atoms with Crippen LogP contribution in [0.25, 0.3) is 0 Å². The van der Waals surface area contributed by atoms with E-state index in [1.165, 1.54) is 29.4 Å². The molecule has 4 aliphatic rings. The lowest BCUT2D eigenvalue weighted by atomic mass is 9.71. The lowest BCUT2D eigenvalue weighted by molar-refractivity contribution is 0.0303. The third-order valence-electron chi connectivity index (χ3n) is 9.06. The first-order valence-electron chi connectivity index (χ1n) is 14.2. The molecule has 7 rings (SSSR count). The quantitative estimate of drug-likeness (QED) is 0.415. The fourth-order valence-corrected chi connectivity index (χ4v) is 6.83. The van der Waals surface area contributed by atoms with Gasteiger partial charge in [0.25, 0.3) is 5.91 Å². The van der Waals surface area contributed by atoms with Crippen LogP contribution in [-0.4, -0.2) is 87.8 Å². The molecule has 44 heavy (non-hydrogen) atoms. The summed E-state index contributed by atoms with van der Waals surface area (Å²) >= 11 is 5.95. The van der Waals surface area contributed by atoms with Gasteiger partial charge in [-0.25, -0.2) is 27.9 Å². The zero-order chi connectivity index (χ0) is 30.9. The maximum Gasteiger partial charge on any atom is 0.320 e. The van der Waals surface area contributed by atoms with Crippen molar-refractivity contribution in [3.8, 4) is 0 Å². The van der Waals surface area contributed by atoms with Gasteiger partial charge in [-0.3, -0.25) is 9.69 Å². The summed E-state index contributed by atoms with van der Waals surface area (Å²) in [6.07, 6.45) is 3.54. The summed E-state index contributed by atoms with van der Waals surface area (Å²) in [5.74, 6) is -3.48. The number of nitrogens with one attached hydrogen (secondary N) is 1. The number of pyridine rings is 2. The molecule has 6 heterocycles. The van der Waals surface area contributed by atoms with Crippen molar-refractivity contribution in [1.82, 2.24) is 19.8 Å². The molecule has 4 aliphatic heterocycles. The van der Waals surface area contributed by atoms with Crippen LogP contribution in [0.1, 0.15) is 40.4 Å². The summed E-state index contributed by atoms with van der Waals surface area (Å²) in [6, 6.07) is 4.98. The number of morpholine rings is 1. The number of carbonyl (C=O) groups is 2. The Morgan fingerprint density at radius 1 is 1.14 bits per heavy atom. The van der Waals surface area contributed by atoms with Crippen molar-refractivity contribution in [2.75, 3.05) is 43.0 Å². The lowest BCUT2D eigenvalue weighted by Gasteiger charge is -2.44. The van der Waals surface area contributed by atoms with Crippen LogP contribution in [0, 0.1) is 17.5 Å². The molecular weight excluding hydrogens is 601 g/mol. The molecule has 3 atom stereocenters. The Morgan fingerprint density at radius 2 is 1.93 bits per heavy atom. The number of anilines is 2. The van der Waals surface area contributed by atoms with Crippen LogP contribution >= 0.6 is 11.6 Å². The monoisotopic (exact) mass is 628 g/mol. The highest BCUT2D eigenvalue weighted by Gasteiger charge is 2.48. The molecule has 2 N–H and O–H groups in total. The van der Waals surface area contributed by atoms with Crippen LogP contribution in [0.5, 0.6) is 0 Å². The van der Waals surface area contributed by atoms with Crippen molar-refractivity contribution in [2.45, 2.75) is 43.6 Å². The minimum Gasteiger partial charge on any atom is -0.392 e. The van der Waals surface area contributed by atoms with E-state index in [9.17, 15) is 19.1 Å². The highest BCUT2D eigenvalue weighted by Crippen LogP contribution is 2.45. The SMILES string of the molecule is C[C@@]1(c2ccc(F)c(Cl)c2F)CN(c2ccc(CO)cn2)C(=O)c2cnc(NC3CN(C(=O)N4C[C@@H]5C[C@H]4CO5)C3)c(F)c21. The van der Waals surface area contributed by atoms with Gasteiger partial charge in [-0.05, 0) is 31.0 Å². The Bertz CT molecular complexity index is 1670. The largest absolute Gasteiger partial charge is 0.392 e. The number of hydrogen-bond acceptors (Lipinski definition) is 7. The maximum absolute atomic E-state index is 16.5. The van der Waals surface area contributed by atoms with Gasteiger partial charge in [0.2, 0.25) is 0 Å². The number of urea groups is 1. The van der Waals surface area contributed by atoms with Crippen molar-refractivity contribution < 1.29 is 32.6 Å². The molecule has 3 saturated heterocycles. The summed E-state index contributed by atoms with van der Waals surface area (Å²) < 4.78 is 51.9. The molecule has 3 amide bonds. The van der Waals surface area contributed by atoms with Crippen molar-refractivity contribution in [3.63, 3.8) is 0 Å². The van der Waals surface area contributed by atoms with E-state index in [0.29, 0.717) is 31.8 Å². The Labute approximate surface area is 255 Å². The van der Waals surface area contributed by atoms with Gasteiger partial charge in [-0.2, -0.15) is 0 Å². The Morgan fingerprint density at radius 3 is 2.59 bits per heavy atom. The minimum absolute atomic E-state index is 0.0808. The van der Waals surface area contributed by atoms with Crippen LogP contribution < -0.4 is 10.2 Å². The number of rotatable bonds is 5. The van der Waals surface area contributed by atoms with E-state index in [2.05, 4.69) is 15.3 Å². The van der Waals surface area contributed by atoms with Crippen LogP contribution in [0.3, 0.4) is 0 Å². The van der Waals surface area contributed by atoms with Gasteiger partial charge in [-0.1, -0.05) is 23.7 Å². The topological polar surface area (TPSA) is 111 Å². The number of carbonyl (C=O) groups excluding carboxylic acids is 2. The van der Waals surface area contributed by atoms with Crippen LogP contribution in [0.15, 0.2) is 36.7 Å². The average molecular weight is 629 g/mol. The van der Waals surface area contributed by atoms with Crippen molar-refractivity contribution in [2.24, 2.45) is 0 Å². The standard InChI is InChI=1S/C30H28ClF3N6O4/c1-30(20-3-4-21(32)24(31)25(20)33)14-40(22-5-2-15(12-41)7-35-22)28(42)19-8-36-27(26(34)23(19)30)37-16-9-38(10-16)29(43)39-11-18-6-17(39)13-44-18/h2-5,7-8,16-18,41H,6,9-14H2,1H3,(H,36,37)/t17-,18-,30-/m0/s1. The molecule has 2 bridgehead atoms. The van der Waals surface area contributed by atoms with Gasteiger partial charge < -0.3 is 25.0 Å². The summed E-state index contributed by atoms with van der Waals surface area (Å²) in [4.78, 5) is 39.9. The van der Waals surface area contributed by atoms with Crippen LogP contribution in [0.4, 0.5) is 29.6 Å². The zero-order valence-electron chi connectivity index (χ0n) is 23.6. The zero-order valence-corrected chi connectivity index (χ0v) is 24.3. The molecule has 3 aromatic rings. The second kappa shape index (κ2) is 10.6. The van der Waals surface area contributed by atoms with Crippen LogP contribution in [-0.2, 0) is 16.8 Å². The normalized spacial score (nSPS) is 24.5. The molecule has 0 unspecified atom stereocenters.